The Hall–Kier alpha value is -1.42. The van der Waals surface area contributed by atoms with Gasteiger partial charge >= 0.3 is 0 Å². The summed E-state index contributed by atoms with van der Waals surface area (Å²) in [6.45, 7) is 6.21. The first-order valence-electron chi connectivity index (χ1n) is 6.94. The second-order valence-electron chi connectivity index (χ2n) is 5.05. The van der Waals surface area contributed by atoms with Crippen LogP contribution in [0.25, 0.3) is 0 Å². The molecule has 106 valence electrons. The Morgan fingerprint density at radius 2 is 2.05 bits per heavy atom. The number of fused-ring (bicyclic) bond motifs is 1. The van der Waals surface area contributed by atoms with E-state index in [1.54, 1.807) is 0 Å². The van der Waals surface area contributed by atoms with Crippen LogP contribution in [0.4, 0.5) is 0 Å². The summed E-state index contributed by atoms with van der Waals surface area (Å²) < 4.78 is 16.8. The molecule has 4 heteroatoms. The average molecular weight is 265 g/mol. The van der Waals surface area contributed by atoms with Gasteiger partial charge in [0.2, 0.25) is 6.79 Å². The van der Waals surface area contributed by atoms with Crippen molar-refractivity contribution < 1.29 is 14.2 Å². The Morgan fingerprint density at radius 1 is 1.32 bits per heavy atom. The lowest BCUT2D eigenvalue weighted by atomic mass is 10.1. The standard InChI is InChI=1S/C15H23NO3/c1-4-5-11(2)9-17-13-7-15-14(18-10-19-15)6-12(13)8-16-3/h6-7,11,16H,4-5,8-10H2,1-3H3. The van der Waals surface area contributed by atoms with Gasteiger partial charge < -0.3 is 19.5 Å². The van der Waals surface area contributed by atoms with Crippen molar-refractivity contribution in [1.29, 1.82) is 0 Å². The third-order valence-electron chi connectivity index (χ3n) is 3.23. The van der Waals surface area contributed by atoms with E-state index in [9.17, 15) is 0 Å². The molecule has 0 amide bonds. The van der Waals surface area contributed by atoms with Gasteiger partial charge in [-0.05, 0) is 25.5 Å². The van der Waals surface area contributed by atoms with E-state index >= 15 is 0 Å². The molecule has 2 rings (SSSR count). The third kappa shape index (κ3) is 3.53. The Balaban J connectivity index is 2.09. The molecule has 1 N–H and O–H groups in total. The van der Waals surface area contributed by atoms with Crippen molar-refractivity contribution in [3.63, 3.8) is 0 Å². The van der Waals surface area contributed by atoms with Crippen LogP contribution in [0.3, 0.4) is 0 Å². The SMILES string of the molecule is CCCC(C)COc1cc2c(cc1CNC)OCO2. The summed E-state index contributed by atoms with van der Waals surface area (Å²) in [6.07, 6.45) is 2.38. The van der Waals surface area contributed by atoms with Crippen LogP contribution in [0, 0.1) is 5.92 Å². The highest BCUT2D eigenvalue weighted by Gasteiger charge is 2.18. The first-order valence-corrected chi connectivity index (χ1v) is 6.94. The van der Waals surface area contributed by atoms with Gasteiger partial charge in [0, 0.05) is 18.2 Å². The lowest BCUT2D eigenvalue weighted by molar-refractivity contribution is 0.173. The second kappa shape index (κ2) is 6.66. The smallest absolute Gasteiger partial charge is 0.231 e. The van der Waals surface area contributed by atoms with Crippen molar-refractivity contribution in [2.75, 3.05) is 20.4 Å². The van der Waals surface area contributed by atoms with Crippen LogP contribution < -0.4 is 19.5 Å². The molecule has 0 saturated heterocycles. The van der Waals surface area contributed by atoms with Gasteiger partial charge in [0.05, 0.1) is 6.61 Å². The Bertz CT molecular complexity index is 420. The third-order valence-corrected chi connectivity index (χ3v) is 3.23. The molecule has 0 radical (unpaired) electrons. The summed E-state index contributed by atoms with van der Waals surface area (Å²) in [4.78, 5) is 0. The van der Waals surface area contributed by atoms with Crippen LogP contribution in [-0.4, -0.2) is 20.4 Å². The van der Waals surface area contributed by atoms with Crippen molar-refractivity contribution in [1.82, 2.24) is 5.32 Å². The highest BCUT2D eigenvalue weighted by atomic mass is 16.7. The van der Waals surface area contributed by atoms with Gasteiger partial charge in [0.1, 0.15) is 5.75 Å². The molecular weight excluding hydrogens is 242 g/mol. The predicted molar refractivity (Wildman–Crippen MR) is 74.9 cm³/mol. The van der Waals surface area contributed by atoms with Crippen molar-refractivity contribution >= 4 is 0 Å². The molecule has 4 nitrogen and oxygen atoms in total. The maximum atomic E-state index is 5.95. The minimum atomic E-state index is 0.296. The summed E-state index contributed by atoms with van der Waals surface area (Å²) in [6, 6.07) is 3.94. The fourth-order valence-electron chi connectivity index (χ4n) is 2.24. The monoisotopic (exact) mass is 265 g/mol. The number of nitrogens with one attached hydrogen (secondary N) is 1. The van der Waals surface area contributed by atoms with Crippen LogP contribution in [0.5, 0.6) is 17.2 Å². The number of ether oxygens (including phenoxy) is 3. The van der Waals surface area contributed by atoms with Gasteiger partial charge in [-0.2, -0.15) is 0 Å². The van der Waals surface area contributed by atoms with E-state index in [1.807, 2.05) is 19.2 Å². The molecule has 0 fully saturated rings. The normalized spacial score (nSPS) is 14.5. The highest BCUT2D eigenvalue weighted by Crippen LogP contribution is 2.38. The predicted octanol–water partition coefficient (Wildman–Crippen LogP) is 2.95. The van der Waals surface area contributed by atoms with Crippen molar-refractivity contribution in [3.8, 4) is 17.2 Å². The molecule has 1 unspecified atom stereocenters. The van der Waals surface area contributed by atoms with Gasteiger partial charge in [0.25, 0.3) is 0 Å². The van der Waals surface area contributed by atoms with Crippen LogP contribution in [0.15, 0.2) is 12.1 Å². The largest absolute Gasteiger partial charge is 0.493 e. The number of hydrogen-bond donors (Lipinski definition) is 1. The first-order chi connectivity index (χ1) is 9.24. The molecule has 0 spiro atoms. The molecule has 1 atom stereocenters. The van der Waals surface area contributed by atoms with Crippen molar-refractivity contribution in [2.45, 2.75) is 33.2 Å². The van der Waals surface area contributed by atoms with E-state index in [-0.39, 0.29) is 0 Å². The van der Waals surface area contributed by atoms with Crippen LogP contribution in [0.1, 0.15) is 32.3 Å². The van der Waals surface area contributed by atoms with Gasteiger partial charge in [-0.15, -0.1) is 0 Å². The molecule has 19 heavy (non-hydrogen) atoms. The van der Waals surface area contributed by atoms with E-state index in [4.69, 9.17) is 14.2 Å². The molecule has 1 aliphatic heterocycles. The van der Waals surface area contributed by atoms with Gasteiger partial charge in [0.15, 0.2) is 11.5 Å². The molecule has 1 aliphatic rings. The lowest BCUT2D eigenvalue weighted by Crippen LogP contribution is -2.12. The van der Waals surface area contributed by atoms with E-state index in [0.717, 1.165) is 36.0 Å². The zero-order chi connectivity index (χ0) is 13.7. The van der Waals surface area contributed by atoms with Crippen LogP contribution >= 0.6 is 0 Å². The van der Waals surface area contributed by atoms with Crippen LogP contribution in [0.2, 0.25) is 0 Å². The molecule has 0 aromatic heterocycles. The maximum absolute atomic E-state index is 5.95. The zero-order valence-corrected chi connectivity index (χ0v) is 12.0. The van der Waals surface area contributed by atoms with E-state index < -0.39 is 0 Å². The van der Waals surface area contributed by atoms with Crippen LogP contribution in [-0.2, 0) is 6.54 Å². The lowest BCUT2D eigenvalue weighted by Gasteiger charge is -2.15. The topological polar surface area (TPSA) is 39.7 Å². The minimum absolute atomic E-state index is 0.296. The summed E-state index contributed by atoms with van der Waals surface area (Å²) in [5.74, 6) is 3.04. The number of hydrogen-bond acceptors (Lipinski definition) is 4. The summed E-state index contributed by atoms with van der Waals surface area (Å²) in [5.41, 5.74) is 1.11. The van der Waals surface area contributed by atoms with Gasteiger partial charge in [-0.3, -0.25) is 0 Å². The summed E-state index contributed by atoms with van der Waals surface area (Å²) in [5, 5.41) is 3.15. The molecule has 1 heterocycles. The summed E-state index contributed by atoms with van der Waals surface area (Å²) in [7, 11) is 1.92. The van der Waals surface area contributed by atoms with Crippen molar-refractivity contribution in [3.05, 3.63) is 17.7 Å². The molecule has 0 bridgehead atoms. The maximum Gasteiger partial charge on any atom is 0.231 e. The molecule has 0 saturated carbocycles. The quantitative estimate of drug-likeness (QED) is 0.823. The van der Waals surface area contributed by atoms with Crippen molar-refractivity contribution in [2.24, 2.45) is 5.92 Å². The van der Waals surface area contributed by atoms with E-state index in [2.05, 4.69) is 19.2 Å². The Kier molecular flexibility index (Phi) is 4.91. The van der Waals surface area contributed by atoms with E-state index in [0.29, 0.717) is 12.7 Å². The fraction of sp³-hybridized carbons (Fsp3) is 0.600. The van der Waals surface area contributed by atoms with Gasteiger partial charge in [-0.25, -0.2) is 0 Å². The first kappa shape index (κ1) is 14.0. The zero-order valence-electron chi connectivity index (χ0n) is 12.0. The second-order valence-corrected chi connectivity index (χ2v) is 5.05. The Morgan fingerprint density at radius 3 is 2.74 bits per heavy atom. The average Bonchev–Trinajstić information content (AvgIpc) is 2.84. The minimum Gasteiger partial charge on any atom is -0.493 e. The summed E-state index contributed by atoms with van der Waals surface area (Å²) >= 11 is 0. The molecule has 1 aromatic rings. The number of benzene rings is 1. The fourth-order valence-corrected chi connectivity index (χ4v) is 2.24. The molecule has 0 aliphatic carbocycles. The Labute approximate surface area is 115 Å². The van der Waals surface area contributed by atoms with E-state index in [1.165, 1.54) is 12.8 Å². The number of rotatable bonds is 7. The highest BCUT2D eigenvalue weighted by molar-refractivity contribution is 5.51. The molecule has 1 aromatic carbocycles. The molecular formula is C15H23NO3. The van der Waals surface area contributed by atoms with Gasteiger partial charge in [-0.1, -0.05) is 20.3 Å².